The minimum Gasteiger partial charge on any atom is -0.273 e. The minimum absolute atomic E-state index is 0.586. The Kier molecular flexibility index (Phi) is 11.2. The first kappa shape index (κ1) is 38.3. The fourth-order valence-electron chi connectivity index (χ4n) is 7.68. The van der Waals surface area contributed by atoms with Gasteiger partial charge in [0.25, 0.3) is 0 Å². The zero-order valence-electron chi connectivity index (χ0n) is 33.3. The number of hydrogen-bond donors (Lipinski definition) is 0. The maximum absolute atomic E-state index is 5.30. The molecule has 5 heteroatoms. The van der Waals surface area contributed by atoms with Crippen molar-refractivity contribution >= 4 is 62.1 Å². The van der Waals surface area contributed by atoms with Gasteiger partial charge in [-0.15, -0.1) is 0 Å². The van der Waals surface area contributed by atoms with Crippen molar-refractivity contribution in [3.63, 3.8) is 0 Å². The van der Waals surface area contributed by atoms with Gasteiger partial charge in [-0.1, -0.05) is 146 Å². The molecule has 0 amide bonds. The molecule has 0 unspecified atom stereocenters. The van der Waals surface area contributed by atoms with E-state index in [9.17, 15) is 0 Å². The molecule has 0 bridgehead atoms. The summed E-state index contributed by atoms with van der Waals surface area (Å²) in [6.07, 6.45) is 18.5. The summed E-state index contributed by atoms with van der Waals surface area (Å²) in [6, 6.07) is 41.8. The second-order valence-electron chi connectivity index (χ2n) is 14.4. The first-order chi connectivity index (χ1) is 28.9. The van der Waals surface area contributed by atoms with Crippen LogP contribution in [0.2, 0.25) is 0 Å². The summed E-state index contributed by atoms with van der Waals surface area (Å²) in [7, 11) is 0. The number of fused-ring (bicyclic) bond motifs is 4. The molecular weight excluding hydrogens is 719 g/mol. The minimum atomic E-state index is 0.586. The van der Waals surface area contributed by atoms with Gasteiger partial charge in [-0.25, -0.2) is 9.98 Å². The zero-order valence-corrected chi connectivity index (χ0v) is 33.3. The van der Waals surface area contributed by atoms with E-state index in [1.165, 1.54) is 16.7 Å². The highest BCUT2D eigenvalue weighted by molar-refractivity contribution is 6.17. The SMILES string of the molecule is C=C/C=C(\C1=C(C)C/C(=C\C=C/N=C)C=C1)c1cccc(/C(C)=N/C(=N\C(=C)c2cccc(-c3ccnc4c3ccc3cccnc34)c2)c2cccc3ccccc23)c1. The zero-order chi connectivity index (χ0) is 40.7. The Hall–Kier alpha value is -7.63. The first-order valence-electron chi connectivity index (χ1n) is 19.6. The molecule has 0 atom stereocenters. The van der Waals surface area contributed by atoms with E-state index in [0.717, 1.165) is 83.7 Å². The molecule has 59 heavy (non-hydrogen) atoms. The first-order valence-corrected chi connectivity index (χ1v) is 19.6. The summed E-state index contributed by atoms with van der Waals surface area (Å²) in [5, 5.41) is 4.28. The lowest BCUT2D eigenvalue weighted by atomic mass is 9.86. The smallest absolute Gasteiger partial charge is 0.160 e. The van der Waals surface area contributed by atoms with Crippen molar-refractivity contribution in [1.29, 1.82) is 0 Å². The molecule has 0 saturated heterocycles. The van der Waals surface area contributed by atoms with Crippen LogP contribution in [0.5, 0.6) is 0 Å². The van der Waals surface area contributed by atoms with Gasteiger partial charge < -0.3 is 0 Å². The molecule has 5 nitrogen and oxygen atoms in total. The van der Waals surface area contributed by atoms with E-state index >= 15 is 0 Å². The van der Waals surface area contributed by atoms with Gasteiger partial charge in [0.1, 0.15) is 0 Å². The van der Waals surface area contributed by atoms with Gasteiger partial charge in [0, 0.05) is 46.2 Å². The maximum atomic E-state index is 5.30. The quantitative estimate of drug-likeness (QED) is 0.0603. The molecule has 2 aromatic heterocycles. The number of aromatic nitrogens is 2. The predicted molar refractivity (Wildman–Crippen MR) is 252 cm³/mol. The van der Waals surface area contributed by atoms with Crippen LogP contribution >= 0.6 is 0 Å². The summed E-state index contributed by atoms with van der Waals surface area (Å²) >= 11 is 0. The van der Waals surface area contributed by atoms with E-state index in [0.29, 0.717) is 11.5 Å². The molecule has 1 aliphatic rings. The van der Waals surface area contributed by atoms with Crippen molar-refractivity contribution in [2.45, 2.75) is 20.3 Å². The molecule has 0 aliphatic heterocycles. The van der Waals surface area contributed by atoms with E-state index in [1.807, 2.05) is 43.6 Å². The van der Waals surface area contributed by atoms with Crippen LogP contribution in [0.1, 0.15) is 42.5 Å². The number of rotatable bonds is 10. The monoisotopic (exact) mass is 761 g/mol. The van der Waals surface area contributed by atoms with Gasteiger partial charge in [-0.05, 0) is 107 Å². The predicted octanol–water partition coefficient (Wildman–Crippen LogP) is 13.5. The molecule has 2 heterocycles. The molecule has 0 saturated carbocycles. The van der Waals surface area contributed by atoms with Gasteiger partial charge in [-0.3, -0.25) is 15.0 Å². The van der Waals surface area contributed by atoms with Crippen molar-refractivity contribution < 1.29 is 0 Å². The Morgan fingerprint density at radius 1 is 0.712 bits per heavy atom. The van der Waals surface area contributed by atoms with Crippen LogP contribution < -0.4 is 0 Å². The topological polar surface area (TPSA) is 62.9 Å². The van der Waals surface area contributed by atoms with Crippen LogP contribution in [-0.2, 0) is 0 Å². The van der Waals surface area contributed by atoms with E-state index in [-0.39, 0.29) is 0 Å². The van der Waals surface area contributed by atoms with Crippen molar-refractivity contribution in [2.75, 3.05) is 0 Å². The van der Waals surface area contributed by atoms with Gasteiger partial charge in [0.05, 0.1) is 16.7 Å². The fraction of sp³-hybridized carbons (Fsp3) is 0.0556. The van der Waals surface area contributed by atoms with Gasteiger partial charge in [-0.2, -0.15) is 0 Å². The average Bonchev–Trinajstić information content (AvgIpc) is 3.28. The number of aliphatic imine (C=N–C) groups is 3. The number of pyridine rings is 2. The van der Waals surface area contributed by atoms with Gasteiger partial charge >= 0.3 is 0 Å². The summed E-state index contributed by atoms with van der Waals surface area (Å²) in [5.41, 5.74) is 14.0. The van der Waals surface area contributed by atoms with Crippen LogP contribution in [-0.4, -0.2) is 28.2 Å². The molecule has 5 aromatic carbocycles. The van der Waals surface area contributed by atoms with E-state index < -0.39 is 0 Å². The summed E-state index contributed by atoms with van der Waals surface area (Å²) in [4.78, 5) is 23.7. The molecule has 8 rings (SSSR count). The molecule has 0 fully saturated rings. The lowest BCUT2D eigenvalue weighted by molar-refractivity contribution is 1.11. The summed E-state index contributed by atoms with van der Waals surface area (Å²) in [6.45, 7) is 16.3. The third-order valence-corrected chi connectivity index (χ3v) is 10.6. The van der Waals surface area contributed by atoms with Crippen molar-refractivity contribution in [2.24, 2.45) is 15.0 Å². The summed E-state index contributed by atoms with van der Waals surface area (Å²) in [5.74, 6) is 0.586. The fourth-order valence-corrected chi connectivity index (χ4v) is 7.68. The lowest BCUT2D eigenvalue weighted by Gasteiger charge is -2.18. The molecule has 0 N–H and O–H groups in total. The molecule has 0 spiro atoms. The van der Waals surface area contributed by atoms with Crippen molar-refractivity contribution in [3.05, 3.63) is 229 Å². The van der Waals surface area contributed by atoms with Crippen LogP contribution in [0.25, 0.3) is 55.0 Å². The lowest BCUT2D eigenvalue weighted by Crippen LogP contribution is -2.06. The third kappa shape index (κ3) is 8.13. The highest BCUT2D eigenvalue weighted by Crippen LogP contribution is 2.35. The van der Waals surface area contributed by atoms with Crippen molar-refractivity contribution in [1.82, 2.24) is 9.97 Å². The van der Waals surface area contributed by atoms with E-state index in [4.69, 9.17) is 15.0 Å². The second-order valence-corrected chi connectivity index (χ2v) is 14.4. The van der Waals surface area contributed by atoms with Crippen LogP contribution in [0.15, 0.2) is 221 Å². The van der Waals surface area contributed by atoms with Gasteiger partial charge in [0.15, 0.2) is 5.84 Å². The Balaban J connectivity index is 1.18. The number of nitrogens with zero attached hydrogens (tertiary/aromatic N) is 5. The Morgan fingerprint density at radius 3 is 2.36 bits per heavy atom. The third-order valence-electron chi connectivity index (χ3n) is 10.6. The molecule has 0 radical (unpaired) electrons. The summed E-state index contributed by atoms with van der Waals surface area (Å²) < 4.78 is 0. The van der Waals surface area contributed by atoms with E-state index in [2.05, 4.69) is 170 Å². The highest BCUT2D eigenvalue weighted by Gasteiger charge is 2.16. The van der Waals surface area contributed by atoms with Crippen molar-refractivity contribution in [3.8, 4) is 11.1 Å². The second kappa shape index (κ2) is 17.2. The Labute approximate surface area is 345 Å². The number of benzene rings is 5. The number of hydrogen-bond acceptors (Lipinski definition) is 4. The number of allylic oxidation sites excluding steroid dienone is 10. The highest BCUT2D eigenvalue weighted by atomic mass is 14.9. The molecule has 1 aliphatic carbocycles. The average molecular weight is 762 g/mol. The Morgan fingerprint density at radius 2 is 1.49 bits per heavy atom. The normalized spacial score (nSPS) is 14.5. The standard InChI is InChI=1S/C54H43N5/c1-6-14-47(46-27-25-39(33-36(46)2)15-12-30-55-5)44-20-9-18-42(34-44)37(3)58-54(51-24-11-17-40-16-7-8-23-48(40)51)59-38(4)43-19-10-21-45(35-43)49-29-32-57-53-50(49)28-26-41-22-13-31-56-52(41)53/h6-32,34-35H,1,4-5,33H2,2-3H3/b30-12-,39-15-,47-14-,58-37+,59-54-. The van der Waals surface area contributed by atoms with Crippen LogP contribution in [0.3, 0.4) is 0 Å². The van der Waals surface area contributed by atoms with E-state index in [1.54, 1.807) is 6.20 Å². The number of amidine groups is 1. The van der Waals surface area contributed by atoms with Gasteiger partial charge in [0.2, 0.25) is 0 Å². The Bertz CT molecular complexity index is 3030. The molecular formula is C54H43N5. The molecule has 7 aromatic rings. The van der Waals surface area contributed by atoms with Crippen LogP contribution in [0.4, 0.5) is 0 Å². The maximum Gasteiger partial charge on any atom is 0.160 e. The largest absolute Gasteiger partial charge is 0.273 e. The molecule has 284 valence electrons. The van der Waals surface area contributed by atoms with Crippen LogP contribution in [0, 0.1) is 0 Å².